The van der Waals surface area contributed by atoms with E-state index in [0.29, 0.717) is 30.2 Å². The van der Waals surface area contributed by atoms with Gasteiger partial charge in [0.05, 0.1) is 10.5 Å². The standard InChI is InChI=1S/C14H25IN4O5/c1-8(12(21)19-9(2)14(23)24)18-13(22)10(16)5-3-4-6-17-11(20)7-15/h8-10H,3-7,16H2,1-2H3,(H,17,20)(H,18,22)(H,19,21)(H,23,24)/t8-,9-,10+/m1/s1. The third-order valence-corrected chi connectivity index (χ3v) is 3.90. The zero-order valence-electron chi connectivity index (χ0n) is 13.8. The molecule has 0 aliphatic rings. The quantitative estimate of drug-likeness (QED) is 0.155. The van der Waals surface area contributed by atoms with E-state index in [1.165, 1.54) is 13.8 Å². The fourth-order valence-corrected chi connectivity index (χ4v) is 1.95. The maximum Gasteiger partial charge on any atom is 0.325 e. The molecule has 0 aromatic heterocycles. The van der Waals surface area contributed by atoms with Crippen LogP contribution in [0.25, 0.3) is 0 Å². The predicted molar refractivity (Wildman–Crippen MR) is 96.6 cm³/mol. The highest BCUT2D eigenvalue weighted by atomic mass is 127. The van der Waals surface area contributed by atoms with Crippen LogP contribution in [0.5, 0.6) is 0 Å². The van der Waals surface area contributed by atoms with Crippen LogP contribution in [0.15, 0.2) is 0 Å². The molecule has 0 heterocycles. The summed E-state index contributed by atoms with van der Waals surface area (Å²) in [4.78, 5) is 45.3. The number of carboxylic acid groups (broad SMARTS) is 1. The van der Waals surface area contributed by atoms with Gasteiger partial charge < -0.3 is 26.8 Å². The molecule has 0 saturated carbocycles. The molecule has 3 atom stereocenters. The topological polar surface area (TPSA) is 151 Å². The van der Waals surface area contributed by atoms with Crippen LogP contribution < -0.4 is 21.7 Å². The van der Waals surface area contributed by atoms with Gasteiger partial charge >= 0.3 is 5.97 Å². The van der Waals surface area contributed by atoms with Crippen molar-refractivity contribution in [1.82, 2.24) is 16.0 Å². The minimum Gasteiger partial charge on any atom is -0.480 e. The number of nitrogens with two attached hydrogens (primary N) is 1. The molecule has 9 nitrogen and oxygen atoms in total. The predicted octanol–water partition coefficient (Wildman–Crippen LogP) is -0.871. The molecule has 0 saturated heterocycles. The van der Waals surface area contributed by atoms with Gasteiger partial charge in [-0.05, 0) is 33.1 Å². The highest BCUT2D eigenvalue weighted by molar-refractivity contribution is 14.1. The molecular weight excluding hydrogens is 431 g/mol. The molecule has 0 radical (unpaired) electrons. The van der Waals surface area contributed by atoms with Gasteiger partial charge in [0.2, 0.25) is 17.7 Å². The average molecular weight is 456 g/mol. The lowest BCUT2D eigenvalue weighted by molar-refractivity contribution is -0.141. The van der Waals surface area contributed by atoms with Gasteiger partial charge in [-0.15, -0.1) is 0 Å². The van der Waals surface area contributed by atoms with Crippen molar-refractivity contribution in [3.05, 3.63) is 0 Å². The van der Waals surface area contributed by atoms with Crippen molar-refractivity contribution in [3.63, 3.8) is 0 Å². The van der Waals surface area contributed by atoms with Gasteiger partial charge in [-0.2, -0.15) is 0 Å². The summed E-state index contributed by atoms with van der Waals surface area (Å²) in [6.45, 7) is 3.31. The van der Waals surface area contributed by atoms with Gasteiger partial charge in [0, 0.05) is 6.54 Å². The minimum absolute atomic E-state index is 0.0342. The van der Waals surface area contributed by atoms with Gasteiger partial charge in [-0.25, -0.2) is 0 Å². The number of hydrogen-bond donors (Lipinski definition) is 5. The maximum absolute atomic E-state index is 11.9. The zero-order chi connectivity index (χ0) is 18.7. The number of alkyl halides is 1. The van der Waals surface area contributed by atoms with E-state index in [0.717, 1.165) is 0 Å². The molecule has 0 aromatic rings. The van der Waals surface area contributed by atoms with E-state index in [1.54, 1.807) is 0 Å². The smallest absolute Gasteiger partial charge is 0.325 e. The molecule has 0 aromatic carbocycles. The van der Waals surface area contributed by atoms with Gasteiger partial charge in [-0.1, -0.05) is 22.6 Å². The Morgan fingerprint density at radius 1 is 1.04 bits per heavy atom. The number of carboxylic acids is 1. The first kappa shape index (κ1) is 22.6. The molecule has 24 heavy (non-hydrogen) atoms. The first-order valence-corrected chi connectivity index (χ1v) is 9.13. The lowest BCUT2D eigenvalue weighted by Crippen LogP contribution is -2.52. The lowest BCUT2D eigenvalue weighted by Gasteiger charge is -2.18. The molecule has 3 amide bonds. The Bertz CT molecular complexity index is 460. The Balaban J connectivity index is 4.05. The Morgan fingerprint density at radius 3 is 2.17 bits per heavy atom. The van der Waals surface area contributed by atoms with E-state index in [-0.39, 0.29) is 5.91 Å². The van der Waals surface area contributed by atoms with Crippen LogP contribution in [-0.2, 0) is 19.2 Å². The van der Waals surface area contributed by atoms with Crippen molar-refractivity contribution in [2.24, 2.45) is 5.73 Å². The fraction of sp³-hybridized carbons (Fsp3) is 0.714. The highest BCUT2D eigenvalue weighted by Gasteiger charge is 2.22. The summed E-state index contributed by atoms with van der Waals surface area (Å²) in [7, 11) is 0. The number of aliphatic carboxylic acids is 1. The summed E-state index contributed by atoms with van der Waals surface area (Å²) in [5.74, 6) is -2.26. The van der Waals surface area contributed by atoms with Crippen molar-refractivity contribution in [2.45, 2.75) is 51.2 Å². The molecule has 0 aliphatic carbocycles. The largest absolute Gasteiger partial charge is 0.480 e. The van der Waals surface area contributed by atoms with Crippen molar-refractivity contribution in [3.8, 4) is 0 Å². The van der Waals surface area contributed by atoms with Crippen molar-refractivity contribution >= 4 is 46.3 Å². The number of rotatable bonds is 11. The Hall–Kier alpha value is -1.43. The van der Waals surface area contributed by atoms with E-state index in [9.17, 15) is 19.2 Å². The number of halogens is 1. The third-order valence-electron chi connectivity index (χ3n) is 3.20. The molecule has 6 N–H and O–H groups in total. The first-order chi connectivity index (χ1) is 11.2. The van der Waals surface area contributed by atoms with Crippen LogP contribution in [0.1, 0.15) is 33.1 Å². The van der Waals surface area contributed by atoms with Crippen molar-refractivity contribution in [1.29, 1.82) is 0 Å². The number of nitrogens with one attached hydrogen (secondary N) is 3. The first-order valence-electron chi connectivity index (χ1n) is 7.60. The molecular formula is C14H25IN4O5. The Kier molecular flexibility index (Phi) is 11.3. The summed E-state index contributed by atoms with van der Waals surface area (Å²) >= 11 is 1.97. The number of unbranched alkanes of at least 4 members (excludes halogenated alkanes) is 1. The van der Waals surface area contributed by atoms with Crippen molar-refractivity contribution in [2.75, 3.05) is 11.0 Å². The van der Waals surface area contributed by atoms with E-state index in [1.807, 2.05) is 22.6 Å². The van der Waals surface area contributed by atoms with E-state index < -0.39 is 35.9 Å². The fourth-order valence-electron chi connectivity index (χ4n) is 1.68. The summed E-state index contributed by atoms with van der Waals surface area (Å²) < 4.78 is 0.403. The Labute approximate surface area is 154 Å². The second kappa shape index (κ2) is 12.0. The summed E-state index contributed by atoms with van der Waals surface area (Å²) in [6.07, 6.45) is 1.79. The lowest BCUT2D eigenvalue weighted by atomic mass is 10.1. The summed E-state index contributed by atoms with van der Waals surface area (Å²) in [6, 6.07) is -2.69. The number of carbonyl (C=O) groups is 4. The summed E-state index contributed by atoms with van der Waals surface area (Å²) in [5, 5.41) is 16.2. The van der Waals surface area contributed by atoms with Gasteiger partial charge in [-0.3, -0.25) is 19.2 Å². The second-order valence-corrected chi connectivity index (χ2v) is 6.15. The normalized spacial score (nSPS) is 14.2. The summed E-state index contributed by atoms with van der Waals surface area (Å²) in [5.41, 5.74) is 5.76. The van der Waals surface area contributed by atoms with Crippen LogP contribution in [0.4, 0.5) is 0 Å². The molecule has 138 valence electrons. The van der Waals surface area contributed by atoms with Crippen molar-refractivity contribution < 1.29 is 24.3 Å². The Morgan fingerprint density at radius 2 is 1.62 bits per heavy atom. The van der Waals surface area contributed by atoms with Crippen LogP contribution in [0.2, 0.25) is 0 Å². The molecule has 10 heteroatoms. The van der Waals surface area contributed by atoms with E-state index in [2.05, 4.69) is 16.0 Å². The molecule has 0 rings (SSSR count). The molecule has 0 bridgehead atoms. The maximum atomic E-state index is 11.9. The van der Waals surface area contributed by atoms with E-state index >= 15 is 0 Å². The molecule has 0 unspecified atom stereocenters. The zero-order valence-corrected chi connectivity index (χ0v) is 16.0. The van der Waals surface area contributed by atoms with Gasteiger partial charge in [0.15, 0.2) is 0 Å². The van der Waals surface area contributed by atoms with Gasteiger partial charge in [0.1, 0.15) is 12.1 Å². The molecule has 0 fully saturated rings. The van der Waals surface area contributed by atoms with Gasteiger partial charge in [0.25, 0.3) is 0 Å². The third kappa shape index (κ3) is 9.65. The average Bonchev–Trinajstić information content (AvgIpc) is 2.53. The minimum atomic E-state index is -1.16. The number of hydrogen-bond acceptors (Lipinski definition) is 5. The monoisotopic (exact) mass is 456 g/mol. The van der Waals surface area contributed by atoms with Crippen LogP contribution in [0, 0.1) is 0 Å². The second-order valence-electron chi connectivity index (χ2n) is 5.38. The number of amides is 3. The molecule has 0 aliphatic heterocycles. The SMILES string of the molecule is C[C@@H](NC(=O)[C@@H](C)NC(=O)[C@@H](N)CCCCNC(=O)CI)C(=O)O. The van der Waals surface area contributed by atoms with Crippen LogP contribution in [0.3, 0.4) is 0 Å². The highest BCUT2D eigenvalue weighted by Crippen LogP contribution is 1.99. The number of carbonyl (C=O) groups excluding carboxylic acids is 3. The molecule has 0 spiro atoms. The van der Waals surface area contributed by atoms with E-state index in [4.69, 9.17) is 10.8 Å². The van der Waals surface area contributed by atoms with Crippen LogP contribution in [-0.4, -0.2) is 57.9 Å². The van der Waals surface area contributed by atoms with Crippen LogP contribution >= 0.6 is 22.6 Å².